The average molecular weight is 169 g/mol. The first-order chi connectivity index (χ1) is 5.77. The Labute approximate surface area is 72.2 Å². The molecule has 3 heteroatoms. The Balaban J connectivity index is 2.17. The maximum Gasteiger partial charge on any atom is 0.0992 e. The molecule has 0 aromatic rings. The van der Waals surface area contributed by atoms with Gasteiger partial charge in [0.05, 0.1) is 18.5 Å². The van der Waals surface area contributed by atoms with Crippen LogP contribution in [0, 0.1) is 5.92 Å². The second kappa shape index (κ2) is 3.07. The van der Waals surface area contributed by atoms with E-state index in [1.807, 2.05) is 6.08 Å². The zero-order valence-corrected chi connectivity index (χ0v) is 7.07. The van der Waals surface area contributed by atoms with Crippen molar-refractivity contribution >= 4 is 0 Å². The number of nitrogens with two attached hydrogens (primary N) is 1. The summed E-state index contributed by atoms with van der Waals surface area (Å²) in [6.07, 6.45) is 4.43. The van der Waals surface area contributed by atoms with Gasteiger partial charge >= 0.3 is 0 Å². The van der Waals surface area contributed by atoms with E-state index in [0.717, 1.165) is 25.2 Å². The van der Waals surface area contributed by atoms with E-state index >= 15 is 0 Å². The lowest BCUT2D eigenvalue weighted by molar-refractivity contribution is 0.0255. The van der Waals surface area contributed by atoms with Crippen LogP contribution in [0.1, 0.15) is 19.3 Å². The van der Waals surface area contributed by atoms with Crippen LogP contribution >= 0.6 is 0 Å². The van der Waals surface area contributed by atoms with Crippen LogP contribution in [0.2, 0.25) is 0 Å². The molecule has 1 heterocycles. The molecular weight excluding hydrogens is 154 g/mol. The Morgan fingerprint density at radius 3 is 3.25 bits per heavy atom. The predicted molar refractivity (Wildman–Crippen MR) is 45.4 cm³/mol. The quantitative estimate of drug-likeness (QED) is 0.551. The van der Waals surface area contributed by atoms with Gasteiger partial charge in [-0.2, -0.15) is 0 Å². The van der Waals surface area contributed by atoms with Gasteiger partial charge in [-0.1, -0.05) is 0 Å². The number of rotatable bonds is 0. The van der Waals surface area contributed by atoms with Crippen molar-refractivity contribution in [2.75, 3.05) is 6.61 Å². The number of hydrogen-bond acceptors (Lipinski definition) is 3. The van der Waals surface area contributed by atoms with Crippen LogP contribution in [-0.4, -0.2) is 23.9 Å². The molecule has 0 amide bonds. The van der Waals surface area contributed by atoms with Crippen LogP contribution < -0.4 is 5.73 Å². The second-order valence-corrected chi connectivity index (χ2v) is 3.63. The fourth-order valence-electron chi connectivity index (χ4n) is 2.02. The first-order valence-corrected chi connectivity index (χ1v) is 4.55. The third kappa shape index (κ3) is 1.34. The first-order valence-electron chi connectivity index (χ1n) is 4.55. The van der Waals surface area contributed by atoms with Gasteiger partial charge in [0, 0.05) is 12.0 Å². The summed E-state index contributed by atoms with van der Waals surface area (Å²) in [6.45, 7) is 0.780. The highest BCUT2D eigenvalue weighted by Gasteiger charge is 2.32. The molecule has 12 heavy (non-hydrogen) atoms. The number of ether oxygens (including phenoxy) is 1. The normalized spacial score (nSPS) is 41.2. The fourth-order valence-corrected chi connectivity index (χ4v) is 2.02. The van der Waals surface area contributed by atoms with Gasteiger partial charge in [-0.25, -0.2) is 0 Å². The van der Waals surface area contributed by atoms with E-state index < -0.39 is 0 Å². The molecule has 0 aromatic heterocycles. The second-order valence-electron chi connectivity index (χ2n) is 3.63. The van der Waals surface area contributed by atoms with Crippen molar-refractivity contribution in [3.05, 3.63) is 11.8 Å². The Hall–Kier alpha value is -0.540. The minimum absolute atomic E-state index is 0.0238. The minimum atomic E-state index is -0.291. The standard InChI is InChI=1S/C9H15NO2/c10-6-4-8(11)7-2-1-3-12-9(7)5-6/h5-8,11H,1-4,10H2. The van der Waals surface area contributed by atoms with E-state index in [-0.39, 0.29) is 18.1 Å². The third-order valence-corrected chi connectivity index (χ3v) is 2.65. The Bertz CT molecular complexity index is 203. The van der Waals surface area contributed by atoms with Crippen molar-refractivity contribution in [3.8, 4) is 0 Å². The van der Waals surface area contributed by atoms with Crippen LogP contribution in [0.3, 0.4) is 0 Å². The van der Waals surface area contributed by atoms with E-state index in [1.54, 1.807) is 0 Å². The van der Waals surface area contributed by atoms with Crippen LogP contribution in [-0.2, 0) is 4.74 Å². The molecular formula is C9H15NO2. The van der Waals surface area contributed by atoms with Crippen molar-refractivity contribution in [1.82, 2.24) is 0 Å². The highest BCUT2D eigenvalue weighted by molar-refractivity contribution is 5.12. The van der Waals surface area contributed by atoms with Crippen molar-refractivity contribution in [2.45, 2.75) is 31.4 Å². The minimum Gasteiger partial charge on any atom is -0.498 e. The van der Waals surface area contributed by atoms with E-state index in [1.165, 1.54) is 0 Å². The van der Waals surface area contributed by atoms with E-state index in [2.05, 4.69) is 0 Å². The molecule has 0 spiro atoms. The molecule has 1 saturated heterocycles. The molecule has 1 aliphatic heterocycles. The summed E-state index contributed by atoms with van der Waals surface area (Å²) < 4.78 is 5.44. The zero-order chi connectivity index (χ0) is 8.55. The van der Waals surface area contributed by atoms with Gasteiger partial charge in [0.25, 0.3) is 0 Å². The SMILES string of the molecule is NC1C=C2OCCCC2C(O)C1. The summed E-state index contributed by atoms with van der Waals surface area (Å²) in [5.74, 6) is 1.14. The third-order valence-electron chi connectivity index (χ3n) is 2.65. The average Bonchev–Trinajstić information content (AvgIpc) is 2.04. The first kappa shape index (κ1) is 8.08. The molecule has 3 nitrogen and oxygen atoms in total. The topological polar surface area (TPSA) is 55.5 Å². The van der Waals surface area contributed by atoms with Gasteiger partial charge in [-0.05, 0) is 25.3 Å². The summed E-state index contributed by atoms with van der Waals surface area (Å²) in [5.41, 5.74) is 5.72. The molecule has 0 aromatic carbocycles. The molecule has 3 N–H and O–H groups in total. The van der Waals surface area contributed by atoms with Gasteiger partial charge in [-0.15, -0.1) is 0 Å². The molecule has 2 aliphatic rings. The summed E-state index contributed by atoms with van der Waals surface area (Å²) in [6, 6.07) is -0.0238. The maximum absolute atomic E-state index is 9.67. The Kier molecular flexibility index (Phi) is 2.07. The number of aliphatic hydroxyl groups is 1. The molecule has 0 radical (unpaired) electrons. The van der Waals surface area contributed by atoms with Crippen molar-refractivity contribution in [2.24, 2.45) is 11.7 Å². The largest absolute Gasteiger partial charge is 0.498 e. The van der Waals surface area contributed by atoms with Gasteiger partial charge in [0.15, 0.2) is 0 Å². The van der Waals surface area contributed by atoms with Gasteiger partial charge in [0.1, 0.15) is 0 Å². The van der Waals surface area contributed by atoms with Crippen LogP contribution in [0.25, 0.3) is 0 Å². The lowest BCUT2D eigenvalue weighted by Gasteiger charge is -2.34. The van der Waals surface area contributed by atoms with Crippen LogP contribution in [0.5, 0.6) is 0 Å². The highest BCUT2D eigenvalue weighted by Crippen LogP contribution is 2.32. The molecule has 3 unspecified atom stereocenters. The lowest BCUT2D eigenvalue weighted by Crippen LogP contribution is -2.38. The summed E-state index contributed by atoms with van der Waals surface area (Å²) in [7, 11) is 0. The lowest BCUT2D eigenvalue weighted by atomic mass is 9.84. The molecule has 0 bridgehead atoms. The van der Waals surface area contributed by atoms with E-state index in [0.29, 0.717) is 6.42 Å². The molecule has 1 fully saturated rings. The molecule has 68 valence electrons. The molecule has 2 rings (SSSR count). The maximum atomic E-state index is 9.67. The zero-order valence-electron chi connectivity index (χ0n) is 7.07. The van der Waals surface area contributed by atoms with Crippen molar-refractivity contribution < 1.29 is 9.84 Å². The van der Waals surface area contributed by atoms with Gasteiger partial charge < -0.3 is 15.6 Å². The van der Waals surface area contributed by atoms with E-state index in [4.69, 9.17) is 10.5 Å². The summed E-state index contributed by atoms with van der Waals surface area (Å²) in [5, 5.41) is 9.67. The summed E-state index contributed by atoms with van der Waals surface area (Å²) >= 11 is 0. The monoisotopic (exact) mass is 169 g/mol. The smallest absolute Gasteiger partial charge is 0.0992 e. The van der Waals surface area contributed by atoms with Crippen LogP contribution in [0.4, 0.5) is 0 Å². The van der Waals surface area contributed by atoms with Crippen LogP contribution in [0.15, 0.2) is 11.8 Å². The summed E-state index contributed by atoms with van der Waals surface area (Å²) in [4.78, 5) is 0. The predicted octanol–water partition coefficient (Wildman–Crippen LogP) is 0.389. The van der Waals surface area contributed by atoms with Crippen molar-refractivity contribution in [1.29, 1.82) is 0 Å². The molecule has 1 aliphatic carbocycles. The highest BCUT2D eigenvalue weighted by atomic mass is 16.5. The number of hydrogen-bond donors (Lipinski definition) is 2. The fraction of sp³-hybridized carbons (Fsp3) is 0.778. The number of fused-ring (bicyclic) bond motifs is 1. The Morgan fingerprint density at radius 1 is 1.58 bits per heavy atom. The van der Waals surface area contributed by atoms with Gasteiger partial charge in [-0.3, -0.25) is 0 Å². The van der Waals surface area contributed by atoms with Crippen molar-refractivity contribution in [3.63, 3.8) is 0 Å². The van der Waals surface area contributed by atoms with Gasteiger partial charge in [0.2, 0.25) is 0 Å². The Morgan fingerprint density at radius 2 is 2.42 bits per heavy atom. The molecule has 0 saturated carbocycles. The molecule has 3 atom stereocenters. The number of aliphatic hydroxyl groups excluding tert-OH is 1. The van der Waals surface area contributed by atoms with E-state index in [9.17, 15) is 5.11 Å².